The zero-order valence-electron chi connectivity index (χ0n) is 15.1. The number of para-hydroxylation sites is 1. The standard InChI is InChI=1S/C18H25FN4O3/c1-3-5-10-23-16(20)15(17(24)21-18(23)25)22(4-2)11-12-26-14-9-7-6-8-13(14)19/h6-9H,3-5,10-12,20H2,1-2H3,(H,21,24,25). The van der Waals surface area contributed by atoms with Gasteiger partial charge in [-0.3, -0.25) is 14.3 Å². The molecule has 2 rings (SSSR count). The van der Waals surface area contributed by atoms with Crippen molar-refractivity contribution in [2.75, 3.05) is 30.3 Å². The van der Waals surface area contributed by atoms with Crippen LogP contribution in [0, 0.1) is 5.82 Å². The molecule has 1 aromatic heterocycles. The lowest BCUT2D eigenvalue weighted by Crippen LogP contribution is -2.39. The van der Waals surface area contributed by atoms with Gasteiger partial charge in [0.05, 0.1) is 6.54 Å². The first kappa shape index (κ1) is 19.6. The summed E-state index contributed by atoms with van der Waals surface area (Å²) in [5, 5.41) is 0. The molecule has 0 atom stereocenters. The summed E-state index contributed by atoms with van der Waals surface area (Å²) >= 11 is 0. The predicted molar refractivity (Wildman–Crippen MR) is 100 cm³/mol. The molecule has 0 aliphatic rings. The fraction of sp³-hybridized carbons (Fsp3) is 0.444. The first-order valence-electron chi connectivity index (χ1n) is 8.74. The van der Waals surface area contributed by atoms with E-state index in [4.69, 9.17) is 10.5 Å². The molecule has 142 valence electrons. The monoisotopic (exact) mass is 364 g/mol. The van der Waals surface area contributed by atoms with Crippen LogP contribution in [0.15, 0.2) is 33.9 Å². The molecule has 1 heterocycles. The van der Waals surface area contributed by atoms with E-state index in [1.165, 1.54) is 16.7 Å². The molecular weight excluding hydrogens is 339 g/mol. The van der Waals surface area contributed by atoms with Crippen molar-refractivity contribution in [3.05, 3.63) is 50.9 Å². The quantitative estimate of drug-likeness (QED) is 0.709. The van der Waals surface area contributed by atoms with Gasteiger partial charge in [-0.25, -0.2) is 9.18 Å². The molecule has 0 radical (unpaired) electrons. The number of hydrogen-bond donors (Lipinski definition) is 2. The second-order valence-corrected chi connectivity index (χ2v) is 5.86. The number of unbranched alkanes of at least 4 members (excludes halogenated alkanes) is 1. The topological polar surface area (TPSA) is 93.3 Å². The number of ether oxygens (including phenoxy) is 1. The number of nitrogens with one attached hydrogen (secondary N) is 1. The third kappa shape index (κ3) is 4.44. The van der Waals surface area contributed by atoms with Gasteiger partial charge in [-0.2, -0.15) is 0 Å². The van der Waals surface area contributed by atoms with Gasteiger partial charge in [0.25, 0.3) is 5.56 Å². The molecule has 0 amide bonds. The smallest absolute Gasteiger partial charge is 0.330 e. The molecule has 8 heteroatoms. The number of H-pyrrole nitrogens is 1. The van der Waals surface area contributed by atoms with E-state index < -0.39 is 17.1 Å². The highest BCUT2D eigenvalue weighted by Crippen LogP contribution is 2.18. The summed E-state index contributed by atoms with van der Waals surface area (Å²) in [6.45, 7) is 5.29. The third-order valence-electron chi connectivity index (χ3n) is 4.10. The minimum atomic E-state index is -0.534. The molecule has 0 bridgehead atoms. The molecule has 26 heavy (non-hydrogen) atoms. The van der Waals surface area contributed by atoms with Crippen LogP contribution >= 0.6 is 0 Å². The van der Waals surface area contributed by atoms with E-state index in [9.17, 15) is 14.0 Å². The van der Waals surface area contributed by atoms with Crippen LogP contribution in [0.1, 0.15) is 26.7 Å². The lowest BCUT2D eigenvalue weighted by molar-refractivity contribution is 0.307. The van der Waals surface area contributed by atoms with E-state index in [0.717, 1.165) is 12.8 Å². The molecule has 0 saturated carbocycles. The van der Waals surface area contributed by atoms with Crippen molar-refractivity contribution >= 4 is 11.5 Å². The number of nitrogens with zero attached hydrogens (tertiary/aromatic N) is 2. The average Bonchev–Trinajstić information content (AvgIpc) is 2.61. The molecule has 7 nitrogen and oxygen atoms in total. The molecule has 0 fully saturated rings. The van der Waals surface area contributed by atoms with Gasteiger partial charge in [0, 0.05) is 13.1 Å². The van der Waals surface area contributed by atoms with Crippen LogP contribution in [-0.4, -0.2) is 29.2 Å². The van der Waals surface area contributed by atoms with Crippen LogP contribution in [0.4, 0.5) is 15.9 Å². The number of rotatable bonds is 9. The van der Waals surface area contributed by atoms with Crippen LogP contribution in [0.3, 0.4) is 0 Å². The van der Waals surface area contributed by atoms with Crippen LogP contribution < -0.4 is 26.6 Å². The number of aromatic nitrogens is 2. The van der Waals surface area contributed by atoms with E-state index in [-0.39, 0.29) is 23.9 Å². The average molecular weight is 364 g/mol. The summed E-state index contributed by atoms with van der Waals surface area (Å²) in [6.07, 6.45) is 1.67. The van der Waals surface area contributed by atoms with Crippen molar-refractivity contribution in [1.82, 2.24) is 9.55 Å². The van der Waals surface area contributed by atoms with Gasteiger partial charge >= 0.3 is 5.69 Å². The van der Waals surface area contributed by atoms with E-state index in [2.05, 4.69) is 4.98 Å². The summed E-state index contributed by atoms with van der Waals surface area (Å²) in [5.41, 5.74) is 5.30. The van der Waals surface area contributed by atoms with Gasteiger partial charge in [0.2, 0.25) is 0 Å². The van der Waals surface area contributed by atoms with Crippen molar-refractivity contribution in [2.24, 2.45) is 0 Å². The van der Waals surface area contributed by atoms with Gasteiger partial charge in [-0.05, 0) is 25.5 Å². The van der Waals surface area contributed by atoms with Crippen LogP contribution in [0.2, 0.25) is 0 Å². The third-order valence-corrected chi connectivity index (χ3v) is 4.10. The molecule has 0 unspecified atom stereocenters. The van der Waals surface area contributed by atoms with Crippen LogP contribution in [-0.2, 0) is 6.54 Å². The molecule has 0 aliphatic carbocycles. The van der Waals surface area contributed by atoms with Gasteiger partial charge in [-0.15, -0.1) is 0 Å². The van der Waals surface area contributed by atoms with Crippen molar-refractivity contribution in [3.8, 4) is 5.75 Å². The maximum Gasteiger partial charge on any atom is 0.330 e. The second kappa shape index (κ2) is 9.07. The summed E-state index contributed by atoms with van der Waals surface area (Å²) in [4.78, 5) is 28.3. The zero-order valence-corrected chi connectivity index (χ0v) is 15.1. The van der Waals surface area contributed by atoms with Gasteiger partial charge in [0.15, 0.2) is 11.6 Å². The minimum absolute atomic E-state index is 0.139. The maximum atomic E-state index is 13.6. The Hall–Kier alpha value is -2.77. The molecule has 2 aromatic rings. The van der Waals surface area contributed by atoms with E-state index in [0.29, 0.717) is 19.6 Å². The Morgan fingerprint density at radius 3 is 2.65 bits per heavy atom. The number of nitrogens with two attached hydrogens (primary N) is 1. The van der Waals surface area contributed by atoms with E-state index in [1.807, 2.05) is 13.8 Å². The Balaban J connectivity index is 2.19. The Morgan fingerprint density at radius 2 is 2.00 bits per heavy atom. The summed E-state index contributed by atoms with van der Waals surface area (Å²) < 4.78 is 20.4. The first-order chi connectivity index (χ1) is 12.5. The Morgan fingerprint density at radius 1 is 1.27 bits per heavy atom. The van der Waals surface area contributed by atoms with Crippen LogP contribution in [0.5, 0.6) is 5.75 Å². The molecule has 0 aliphatic heterocycles. The van der Waals surface area contributed by atoms with Crippen molar-refractivity contribution in [3.63, 3.8) is 0 Å². The lowest BCUT2D eigenvalue weighted by Gasteiger charge is -2.24. The number of anilines is 2. The summed E-state index contributed by atoms with van der Waals surface area (Å²) in [5.74, 6) is -0.153. The largest absolute Gasteiger partial charge is 0.489 e. The Bertz CT molecular complexity index is 847. The number of halogens is 1. The van der Waals surface area contributed by atoms with Gasteiger partial charge in [-0.1, -0.05) is 25.5 Å². The van der Waals surface area contributed by atoms with Crippen molar-refractivity contribution in [1.29, 1.82) is 0 Å². The highest BCUT2D eigenvalue weighted by Gasteiger charge is 2.17. The van der Waals surface area contributed by atoms with Crippen molar-refractivity contribution < 1.29 is 9.13 Å². The molecule has 0 saturated heterocycles. The number of nitrogen functional groups attached to an aromatic ring is 1. The van der Waals surface area contributed by atoms with Crippen LogP contribution in [0.25, 0.3) is 0 Å². The maximum absolute atomic E-state index is 13.6. The molecule has 1 aromatic carbocycles. The summed E-state index contributed by atoms with van der Waals surface area (Å²) in [7, 11) is 0. The highest BCUT2D eigenvalue weighted by atomic mass is 19.1. The molecule has 0 spiro atoms. The number of likely N-dealkylation sites (N-methyl/N-ethyl adjacent to an activating group) is 1. The minimum Gasteiger partial charge on any atom is -0.489 e. The fourth-order valence-corrected chi connectivity index (χ4v) is 2.68. The predicted octanol–water partition coefficient (Wildman–Crippen LogP) is 1.96. The molecule has 3 N–H and O–H groups in total. The summed E-state index contributed by atoms with van der Waals surface area (Å²) in [6, 6.07) is 6.12. The first-order valence-corrected chi connectivity index (χ1v) is 8.74. The number of hydrogen-bond acceptors (Lipinski definition) is 5. The van der Waals surface area contributed by atoms with Gasteiger partial charge in [0.1, 0.15) is 18.1 Å². The van der Waals surface area contributed by atoms with E-state index in [1.54, 1.807) is 17.0 Å². The van der Waals surface area contributed by atoms with Gasteiger partial charge < -0.3 is 15.4 Å². The Labute approximate surface area is 151 Å². The number of benzene rings is 1. The highest BCUT2D eigenvalue weighted by molar-refractivity contribution is 5.62. The molecular formula is C18H25FN4O3. The fourth-order valence-electron chi connectivity index (χ4n) is 2.68. The lowest BCUT2D eigenvalue weighted by atomic mass is 10.3. The van der Waals surface area contributed by atoms with E-state index >= 15 is 0 Å². The Kier molecular flexibility index (Phi) is 6.82. The SMILES string of the molecule is CCCCn1c(N)c(N(CC)CCOc2ccccc2F)c(=O)[nH]c1=O. The number of aromatic amines is 1. The normalized spacial score (nSPS) is 10.7. The second-order valence-electron chi connectivity index (χ2n) is 5.86. The zero-order chi connectivity index (χ0) is 19.1. The van der Waals surface area contributed by atoms with Crippen molar-refractivity contribution in [2.45, 2.75) is 33.2 Å².